The second-order valence-electron chi connectivity index (χ2n) is 8.25. The molecule has 7 nitrogen and oxygen atoms in total. The Bertz CT molecular complexity index is 672. The van der Waals surface area contributed by atoms with Crippen molar-refractivity contribution in [1.82, 2.24) is 20.4 Å². The first-order valence-electron chi connectivity index (χ1n) is 10.4. The minimum atomic E-state index is -0.00969. The van der Waals surface area contributed by atoms with Crippen LogP contribution >= 0.6 is 0 Å². The summed E-state index contributed by atoms with van der Waals surface area (Å²) in [6.45, 7) is 9.66. The zero-order valence-corrected chi connectivity index (χ0v) is 18.7. The average molecular weight is 404 g/mol. The van der Waals surface area contributed by atoms with E-state index in [2.05, 4.69) is 53.4 Å². The van der Waals surface area contributed by atoms with Crippen molar-refractivity contribution in [3.63, 3.8) is 0 Å². The van der Waals surface area contributed by atoms with E-state index in [9.17, 15) is 4.79 Å². The molecule has 7 heteroatoms. The van der Waals surface area contributed by atoms with Crippen LogP contribution < -0.4 is 15.4 Å². The van der Waals surface area contributed by atoms with Crippen LogP contribution in [0.5, 0.6) is 5.75 Å². The molecule has 1 saturated heterocycles. The molecule has 0 saturated carbocycles. The third-order valence-corrected chi connectivity index (χ3v) is 5.43. The molecular weight excluding hydrogens is 366 g/mol. The number of benzene rings is 1. The third-order valence-electron chi connectivity index (χ3n) is 5.43. The molecule has 1 aliphatic heterocycles. The van der Waals surface area contributed by atoms with E-state index in [1.54, 1.807) is 26.1 Å². The van der Waals surface area contributed by atoms with Gasteiger partial charge in [-0.1, -0.05) is 19.1 Å². The van der Waals surface area contributed by atoms with Crippen molar-refractivity contribution in [1.29, 1.82) is 0 Å². The van der Waals surface area contributed by atoms with Gasteiger partial charge in [0.25, 0.3) is 0 Å². The van der Waals surface area contributed by atoms with Crippen molar-refractivity contribution in [2.75, 3.05) is 47.4 Å². The molecule has 0 aliphatic carbocycles. The summed E-state index contributed by atoms with van der Waals surface area (Å²) in [5.74, 6) is 2.08. The fourth-order valence-electron chi connectivity index (χ4n) is 3.35. The van der Waals surface area contributed by atoms with E-state index in [0.29, 0.717) is 24.0 Å². The number of hydrogen-bond acceptors (Lipinski definition) is 4. The summed E-state index contributed by atoms with van der Waals surface area (Å²) in [7, 11) is 5.17. The molecule has 2 N–H and O–H groups in total. The minimum absolute atomic E-state index is 0.00969. The number of carbonyl (C=O) groups is 1. The largest absolute Gasteiger partial charge is 0.497 e. The van der Waals surface area contributed by atoms with Gasteiger partial charge in [-0.3, -0.25) is 9.69 Å². The van der Waals surface area contributed by atoms with Gasteiger partial charge in [0.05, 0.1) is 7.11 Å². The van der Waals surface area contributed by atoms with Crippen molar-refractivity contribution < 1.29 is 9.53 Å². The Morgan fingerprint density at radius 3 is 2.52 bits per heavy atom. The van der Waals surface area contributed by atoms with E-state index in [-0.39, 0.29) is 12.5 Å². The van der Waals surface area contributed by atoms with Crippen molar-refractivity contribution in [2.45, 2.75) is 39.3 Å². The second-order valence-corrected chi connectivity index (χ2v) is 8.25. The highest BCUT2D eigenvalue weighted by Gasteiger charge is 2.31. The monoisotopic (exact) mass is 403 g/mol. The molecule has 1 amide bonds. The number of ether oxygens (including phenoxy) is 1. The molecule has 0 spiro atoms. The van der Waals surface area contributed by atoms with E-state index in [1.807, 2.05) is 12.1 Å². The van der Waals surface area contributed by atoms with E-state index in [4.69, 9.17) is 4.74 Å². The number of aliphatic imine (C=N–C) groups is 1. The van der Waals surface area contributed by atoms with Gasteiger partial charge in [0.2, 0.25) is 5.91 Å². The van der Waals surface area contributed by atoms with E-state index < -0.39 is 0 Å². The SMILES string of the molecule is COc1ccc(CCNC(=NCC(=O)N(C)C)NC2CN(C(C)C)CC2C)cc1. The summed E-state index contributed by atoms with van der Waals surface area (Å²) in [6.07, 6.45) is 0.866. The predicted octanol–water partition coefficient (Wildman–Crippen LogP) is 1.59. The van der Waals surface area contributed by atoms with Gasteiger partial charge in [-0.05, 0) is 43.9 Å². The van der Waals surface area contributed by atoms with Crippen molar-refractivity contribution in [2.24, 2.45) is 10.9 Å². The lowest BCUT2D eigenvalue weighted by Crippen LogP contribution is -2.47. The quantitative estimate of drug-likeness (QED) is 0.510. The van der Waals surface area contributed by atoms with E-state index >= 15 is 0 Å². The Hall–Kier alpha value is -2.28. The molecular formula is C22H37N5O2. The van der Waals surface area contributed by atoms with Crippen LogP contribution in [0.3, 0.4) is 0 Å². The van der Waals surface area contributed by atoms with Crippen LogP contribution in [0.2, 0.25) is 0 Å². The molecule has 2 rings (SSSR count). The molecule has 0 radical (unpaired) electrons. The third kappa shape index (κ3) is 7.24. The van der Waals surface area contributed by atoms with Crippen molar-refractivity contribution >= 4 is 11.9 Å². The average Bonchev–Trinajstić information content (AvgIpc) is 3.06. The molecule has 29 heavy (non-hydrogen) atoms. The number of guanidine groups is 1. The maximum Gasteiger partial charge on any atom is 0.243 e. The fraction of sp³-hybridized carbons (Fsp3) is 0.636. The summed E-state index contributed by atoms with van der Waals surface area (Å²) in [5.41, 5.74) is 1.22. The maximum absolute atomic E-state index is 12.0. The smallest absolute Gasteiger partial charge is 0.243 e. The van der Waals surface area contributed by atoms with Crippen LogP contribution in [0, 0.1) is 5.92 Å². The maximum atomic E-state index is 12.0. The number of nitrogens with one attached hydrogen (secondary N) is 2. The van der Waals surface area contributed by atoms with Crippen LogP contribution in [0.4, 0.5) is 0 Å². The minimum Gasteiger partial charge on any atom is -0.497 e. The number of hydrogen-bond donors (Lipinski definition) is 2. The van der Waals surface area contributed by atoms with Crippen LogP contribution in [0.1, 0.15) is 26.3 Å². The standard InChI is InChI=1S/C22H37N5O2/c1-16(2)27-14-17(3)20(15-27)25-22(24-13-21(28)26(4)5)23-12-11-18-7-9-19(29-6)10-8-18/h7-10,16-17,20H,11-15H2,1-6H3,(H2,23,24,25). The Morgan fingerprint density at radius 2 is 1.97 bits per heavy atom. The summed E-state index contributed by atoms with van der Waals surface area (Å²) < 4.78 is 5.21. The van der Waals surface area contributed by atoms with Crippen LogP contribution in [-0.4, -0.2) is 81.1 Å². The molecule has 1 aliphatic rings. The number of carbonyl (C=O) groups excluding carboxylic acids is 1. The number of rotatable bonds is 8. The summed E-state index contributed by atoms with van der Waals surface area (Å²) in [4.78, 5) is 20.6. The highest BCUT2D eigenvalue weighted by atomic mass is 16.5. The second kappa shape index (κ2) is 11.0. The highest BCUT2D eigenvalue weighted by Crippen LogP contribution is 2.18. The molecule has 0 aromatic heterocycles. The normalized spacial score (nSPS) is 20.0. The molecule has 1 aromatic rings. The number of nitrogens with zero attached hydrogens (tertiary/aromatic N) is 3. The van der Waals surface area contributed by atoms with Gasteiger partial charge in [0.15, 0.2) is 5.96 Å². The Balaban J connectivity index is 1.96. The Morgan fingerprint density at radius 1 is 1.28 bits per heavy atom. The molecule has 162 valence electrons. The first-order chi connectivity index (χ1) is 13.8. The van der Waals surface area contributed by atoms with Crippen molar-refractivity contribution in [3.05, 3.63) is 29.8 Å². The Labute approximate surface area is 175 Å². The predicted molar refractivity (Wildman–Crippen MR) is 118 cm³/mol. The van der Waals surface area contributed by atoms with E-state index in [0.717, 1.165) is 31.8 Å². The molecule has 1 heterocycles. The highest BCUT2D eigenvalue weighted by molar-refractivity contribution is 5.85. The van der Waals surface area contributed by atoms with Crippen LogP contribution in [-0.2, 0) is 11.2 Å². The van der Waals surface area contributed by atoms with Gasteiger partial charge in [-0.15, -0.1) is 0 Å². The summed E-state index contributed by atoms with van der Waals surface area (Å²) in [6, 6.07) is 8.93. The number of methoxy groups -OCH3 is 1. The molecule has 2 unspecified atom stereocenters. The number of amides is 1. The van der Waals surface area contributed by atoms with Gasteiger partial charge in [0.1, 0.15) is 12.3 Å². The van der Waals surface area contributed by atoms with Crippen LogP contribution in [0.15, 0.2) is 29.3 Å². The lowest BCUT2D eigenvalue weighted by Gasteiger charge is -2.22. The zero-order chi connectivity index (χ0) is 21.4. The zero-order valence-electron chi connectivity index (χ0n) is 18.7. The van der Waals surface area contributed by atoms with Gasteiger partial charge < -0.3 is 20.3 Å². The van der Waals surface area contributed by atoms with Gasteiger partial charge >= 0.3 is 0 Å². The van der Waals surface area contributed by atoms with Gasteiger partial charge in [0, 0.05) is 45.8 Å². The van der Waals surface area contributed by atoms with Gasteiger partial charge in [-0.2, -0.15) is 0 Å². The number of likely N-dealkylation sites (tertiary alicyclic amines) is 1. The molecule has 1 aromatic carbocycles. The Kier molecular flexibility index (Phi) is 8.76. The molecule has 2 atom stereocenters. The molecule has 0 bridgehead atoms. The van der Waals surface area contributed by atoms with Gasteiger partial charge in [-0.25, -0.2) is 4.99 Å². The first-order valence-corrected chi connectivity index (χ1v) is 10.4. The summed E-state index contributed by atoms with van der Waals surface area (Å²) >= 11 is 0. The summed E-state index contributed by atoms with van der Waals surface area (Å²) in [5, 5.41) is 6.96. The van der Waals surface area contributed by atoms with Crippen molar-refractivity contribution in [3.8, 4) is 5.75 Å². The topological polar surface area (TPSA) is 69.2 Å². The van der Waals surface area contributed by atoms with Crippen LogP contribution in [0.25, 0.3) is 0 Å². The lowest BCUT2D eigenvalue weighted by atomic mass is 10.1. The number of likely N-dealkylation sites (N-methyl/N-ethyl adjacent to an activating group) is 1. The fourth-order valence-corrected chi connectivity index (χ4v) is 3.35. The van der Waals surface area contributed by atoms with E-state index in [1.165, 1.54) is 5.56 Å². The lowest BCUT2D eigenvalue weighted by molar-refractivity contribution is -0.127. The molecule has 1 fully saturated rings. The first kappa shape index (κ1) is 23.0.